The van der Waals surface area contributed by atoms with Gasteiger partial charge in [-0.3, -0.25) is 0 Å². The summed E-state index contributed by atoms with van der Waals surface area (Å²) in [6.07, 6.45) is 1.69. The average molecular weight is 204 g/mol. The molecule has 0 aromatic heterocycles. The molecule has 13 heavy (non-hydrogen) atoms. The van der Waals surface area contributed by atoms with Crippen molar-refractivity contribution in [1.82, 2.24) is 10.6 Å². The summed E-state index contributed by atoms with van der Waals surface area (Å²) in [7, 11) is -2.75. The van der Waals surface area contributed by atoms with E-state index in [1.807, 2.05) is 0 Å². The Bertz CT molecular complexity index is 272. The highest BCUT2D eigenvalue weighted by molar-refractivity contribution is 7.92. The van der Waals surface area contributed by atoms with E-state index in [4.69, 9.17) is 0 Å². The van der Waals surface area contributed by atoms with Gasteiger partial charge >= 0.3 is 0 Å². The Hall–Kier alpha value is -0.130. The van der Waals surface area contributed by atoms with E-state index in [1.54, 1.807) is 0 Å². The first kappa shape index (κ1) is 9.43. The molecule has 0 aliphatic carbocycles. The summed E-state index contributed by atoms with van der Waals surface area (Å²) in [6.45, 7) is 2.61. The Morgan fingerprint density at radius 1 is 1.38 bits per heavy atom. The maximum absolute atomic E-state index is 11.4. The third kappa shape index (κ3) is 2.03. The second-order valence-electron chi connectivity index (χ2n) is 3.89. The van der Waals surface area contributed by atoms with Crippen LogP contribution in [0.1, 0.15) is 12.8 Å². The van der Waals surface area contributed by atoms with E-state index >= 15 is 0 Å². The molecule has 2 saturated heterocycles. The van der Waals surface area contributed by atoms with Gasteiger partial charge in [0.05, 0.1) is 11.0 Å². The Kier molecular flexibility index (Phi) is 2.58. The molecule has 2 heterocycles. The quantitative estimate of drug-likeness (QED) is 0.627. The summed E-state index contributed by atoms with van der Waals surface area (Å²) in [4.78, 5) is 0. The molecular weight excluding hydrogens is 188 g/mol. The molecule has 0 spiro atoms. The van der Waals surface area contributed by atoms with E-state index in [1.165, 1.54) is 0 Å². The van der Waals surface area contributed by atoms with Gasteiger partial charge in [0.1, 0.15) is 0 Å². The van der Waals surface area contributed by atoms with Gasteiger partial charge in [-0.2, -0.15) is 0 Å². The monoisotopic (exact) mass is 204 g/mol. The molecular formula is C8H16N2O2S. The first-order valence-corrected chi connectivity index (χ1v) is 6.56. The second kappa shape index (κ2) is 3.55. The molecule has 2 rings (SSSR count). The summed E-state index contributed by atoms with van der Waals surface area (Å²) < 4.78 is 22.9. The standard InChI is InChI=1S/C8H16N2O2S/c11-13(12)3-1-2-8(13)6-10-7-4-9-5-7/h7-10H,1-6H2. The molecule has 0 aromatic carbocycles. The lowest BCUT2D eigenvalue weighted by molar-refractivity contribution is 0.365. The highest BCUT2D eigenvalue weighted by atomic mass is 32.2. The minimum absolute atomic E-state index is 0.118. The highest BCUT2D eigenvalue weighted by Gasteiger charge is 2.31. The normalized spacial score (nSPS) is 33.1. The molecule has 0 bridgehead atoms. The molecule has 2 aliphatic rings. The lowest BCUT2D eigenvalue weighted by atomic mass is 10.1. The second-order valence-corrected chi connectivity index (χ2v) is 6.30. The topological polar surface area (TPSA) is 58.2 Å². The summed E-state index contributed by atoms with van der Waals surface area (Å²) in [5.41, 5.74) is 0. The Morgan fingerprint density at radius 3 is 2.62 bits per heavy atom. The minimum Gasteiger partial charge on any atom is -0.314 e. The lowest BCUT2D eigenvalue weighted by Gasteiger charge is -2.29. The van der Waals surface area contributed by atoms with Gasteiger partial charge in [0.15, 0.2) is 9.84 Å². The van der Waals surface area contributed by atoms with Crippen molar-refractivity contribution in [3.63, 3.8) is 0 Å². The van der Waals surface area contributed by atoms with Crippen molar-refractivity contribution in [2.24, 2.45) is 0 Å². The van der Waals surface area contributed by atoms with Crippen molar-refractivity contribution in [3.8, 4) is 0 Å². The van der Waals surface area contributed by atoms with Gasteiger partial charge in [-0.15, -0.1) is 0 Å². The summed E-state index contributed by atoms with van der Waals surface area (Å²) in [6, 6.07) is 0.496. The number of rotatable bonds is 3. The molecule has 5 heteroatoms. The van der Waals surface area contributed by atoms with Crippen LogP contribution in [0.5, 0.6) is 0 Å². The molecule has 1 atom stereocenters. The molecule has 2 aliphatic heterocycles. The minimum atomic E-state index is -2.75. The van der Waals surface area contributed by atoms with Crippen LogP contribution in [0.4, 0.5) is 0 Å². The first-order valence-electron chi connectivity index (χ1n) is 4.84. The SMILES string of the molecule is O=S1(=O)CCCC1CNC1CNC1. The molecule has 0 saturated carbocycles. The molecule has 0 amide bonds. The predicted octanol–water partition coefficient (Wildman–Crippen LogP) is -0.875. The number of sulfone groups is 1. The fourth-order valence-electron chi connectivity index (χ4n) is 1.82. The van der Waals surface area contributed by atoms with Crippen molar-refractivity contribution in [2.75, 3.05) is 25.4 Å². The van der Waals surface area contributed by atoms with Crippen LogP contribution in [-0.4, -0.2) is 45.1 Å². The fourth-order valence-corrected chi connectivity index (χ4v) is 3.60. The molecule has 0 aromatic rings. The van der Waals surface area contributed by atoms with Crippen molar-refractivity contribution in [3.05, 3.63) is 0 Å². The predicted molar refractivity (Wildman–Crippen MR) is 51.5 cm³/mol. The fraction of sp³-hybridized carbons (Fsp3) is 1.00. The van der Waals surface area contributed by atoms with E-state index < -0.39 is 9.84 Å². The van der Waals surface area contributed by atoms with Crippen LogP contribution in [0.3, 0.4) is 0 Å². The maximum Gasteiger partial charge on any atom is 0.154 e. The van der Waals surface area contributed by atoms with E-state index in [0.717, 1.165) is 25.9 Å². The van der Waals surface area contributed by atoms with Crippen molar-refractivity contribution in [1.29, 1.82) is 0 Å². The molecule has 4 nitrogen and oxygen atoms in total. The van der Waals surface area contributed by atoms with E-state index in [9.17, 15) is 8.42 Å². The van der Waals surface area contributed by atoms with Crippen molar-refractivity contribution < 1.29 is 8.42 Å². The maximum atomic E-state index is 11.4. The molecule has 2 N–H and O–H groups in total. The smallest absolute Gasteiger partial charge is 0.154 e. The highest BCUT2D eigenvalue weighted by Crippen LogP contribution is 2.19. The van der Waals surface area contributed by atoms with Gasteiger partial charge in [0, 0.05) is 25.7 Å². The molecule has 1 unspecified atom stereocenters. The number of hydrogen-bond acceptors (Lipinski definition) is 4. The zero-order valence-electron chi connectivity index (χ0n) is 7.62. The van der Waals surface area contributed by atoms with E-state index in [-0.39, 0.29) is 5.25 Å². The summed E-state index contributed by atoms with van der Waals surface area (Å²) >= 11 is 0. The zero-order chi connectivity index (χ0) is 9.31. The van der Waals surface area contributed by atoms with Gasteiger partial charge < -0.3 is 10.6 Å². The summed E-state index contributed by atoms with van der Waals surface area (Å²) in [5.74, 6) is 0.391. The molecule has 2 fully saturated rings. The van der Waals surface area contributed by atoms with Crippen LogP contribution in [0.15, 0.2) is 0 Å². The summed E-state index contributed by atoms with van der Waals surface area (Å²) in [5, 5.41) is 6.30. The lowest BCUT2D eigenvalue weighted by Crippen LogP contribution is -2.56. The average Bonchev–Trinajstić information content (AvgIpc) is 2.27. The zero-order valence-corrected chi connectivity index (χ0v) is 8.44. The van der Waals surface area contributed by atoms with Gasteiger partial charge in [-0.05, 0) is 12.8 Å². The Balaban J connectivity index is 1.80. The van der Waals surface area contributed by atoms with Gasteiger partial charge in [0.25, 0.3) is 0 Å². The van der Waals surface area contributed by atoms with Gasteiger partial charge in [-0.1, -0.05) is 0 Å². The van der Waals surface area contributed by atoms with Crippen LogP contribution in [0.2, 0.25) is 0 Å². The number of hydrogen-bond donors (Lipinski definition) is 2. The Labute approximate surface area is 79.0 Å². The van der Waals surface area contributed by atoms with Gasteiger partial charge in [0.2, 0.25) is 0 Å². The van der Waals surface area contributed by atoms with Crippen LogP contribution in [-0.2, 0) is 9.84 Å². The van der Waals surface area contributed by atoms with Crippen molar-refractivity contribution in [2.45, 2.75) is 24.1 Å². The third-order valence-electron chi connectivity index (χ3n) is 2.88. The van der Waals surface area contributed by atoms with Gasteiger partial charge in [-0.25, -0.2) is 8.42 Å². The van der Waals surface area contributed by atoms with E-state index in [2.05, 4.69) is 10.6 Å². The number of nitrogens with one attached hydrogen (secondary N) is 2. The van der Waals surface area contributed by atoms with Crippen molar-refractivity contribution >= 4 is 9.84 Å². The first-order chi connectivity index (χ1) is 6.18. The van der Waals surface area contributed by atoms with Crippen LogP contribution in [0, 0.1) is 0 Å². The largest absolute Gasteiger partial charge is 0.314 e. The Morgan fingerprint density at radius 2 is 2.15 bits per heavy atom. The van der Waals surface area contributed by atoms with Crippen LogP contribution < -0.4 is 10.6 Å². The van der Waals surface area contributed by atoms with E-state index in [0.29, 0.717) is 18.3 Å². The molecule has 76 valence electrons. The third-order valence-corrected chi connectivity index (χ3v) is 5.15. The van der Waals surface area contributed by atoms with Crippen LogP contribution in [0.25, 0.3) is 0 Å². The molecule has 0 radical (unpaired) electrons. The van der Waals surface area contributed by atoms with Crippen LogP contribution >= 0.6 is 0 Å².